The Balaban J connectivity index is 2.21. The van der Waals surface area contributed by atoms with E-state index >= 15 is 0 Å². The molecule has 0 aliphatic rings. The van der Waals surface area contributed by atoms with Gasteiger partial charge in [-0.1, -0.05) is 6.92 Å². The molecule has 0 bridgehead atoms. The van der Waals surface area contributed by atoms with Gasteiger partial charge in [-0.15, -0.1) is 0 Å². The molecule has 1 atom stereocenters. The lowest BCUT2D eigenvalue weighted by Crippen LogP contribution is -2.40. The van der Waals surface area contributed by atoms with E-state index in [2.05, 4.69) is 10.6 Å². The van der Waals surface area contributed by atoms with E-state index in [9.17, 15) is 14.7 Å². The largest absolute Gasteiger partial charge is 0.467 e. The van der Waals surface area contributed by atoms with Crippen molar-refractivity contribution in [2.75, 3.05) is 13.1 Å². The summed E-state index contributed by atoms with van der Waals surface area (Å²) in [6.45, 7) is 2.58. The van der Waals surface area contributed by atoms with Gasteiger partial charge in [-0.3, -0.25) is 9.59 Å². The first-order valence-corrected chi connectivity index (χ1v) is 5.92. The van der Waals surface area contributed by atoms with Crippen LogP contribution in [0, 0.1) is 0 Å². The van der Waals surface area contributed by atoms with Crippen LogP contribution in [0.3, 0.4) is 0 Å². The second-order valence-corrected chi connectivity index (χ2v) is 3.83. The highest BCUT2D eigenvalue weighted by molar-refractivity contribution is 6.35. The fourth-order valence-electron chi connectivity index (χ4n) is 1.34. The fourth-order valence-corrected chi connectivity index (χ4v) is 1.34. The summed E-state index contributed by atoms with van der Waals surface area (Å²) in [7, 11) is 0. The van der Waals surface area contributed by atoms with Crippen molar-refractivity contribution in [2.24, 2.45) is 0 Å². The highest BCUT2D eigenvalue weighted by atomic mass is 16.4. The Hall–Kier alpha value is -1.82. The maximum Gasteiger partial charge on any atom is 0.309 e. The van der Waals surface area contributed by atoms with E-state index in [4.69, 9.17) is 4.42 Å². The van der Waals surface area contributed by atoms with Crippen molar-refractivity contribution in [3.8, 4) is 0 Å². The number of hydrogen-bond donors (Lipinski definition) is 3. The van der Waals surface area contributed by atoms with E-state index in [1.165, 1.54) is 6.26 Å². The number of aliphatic hydroxyl groups is 1. The summed E-state index contributed by atoms with van der Waals surface area (Å²) < 4.78 is 5.01. The Kier molecular flexibility index (Phi) is 5.93. The minimum Gasteiger partial charge on any atom is -0.467 e. The lowest BCUT2D eigenvalue weighted by atomic mass is 10.2. The molecule has 0 saturated heterocycles. The second kappa shape index (κ2) is 7.50. The summed E-state index contributed by atoms with van der Waals surface area (Å²) >= 11 is 0. The van der Waals surface area contributed by atoms with E-state index in [1.54, 1.807) is 12.1 Å². The van der Waals surface area contributed by atoms with Gasteiger partial charge in [0.25, 0.3) is 0 Å². The van der Waals surface area contributed by atoms with Crippen molar-refractivity contribution in [1.29, 1.82) is 0 Å². The molecule has 0 spiro atoms. The van der Waals surface area contributed by atoms with Gasteiger partial charge in [-0.05, 0) is 25.0 Å². The van der Waals surface area contributed by atoms with E-state index in [-0.39, 0.29) is 6.54 Å². The molecule has 1 heterocycles. The van der Waals surface area contributed by atoms with Gasteiger partial charge in [-0.25, -0.2) is 0 Å². The Morgan fingerprint density at radius 2 is 2.00 bits per heavy atom. The van der Waals surface area contributed by atoms with Crippen LogP contribution in [0.2, 0.25) is 0 Å². The first-order chi connectivity index (χ1) is 8.65. The highest BCUT2D eigenvalue weighted by Gasteiger charge is 2.14. The molecule has 1 rings (SSSR count). The first kappa shape index (κ1) is 14.2. The van der Waals surface area contributed by atoms with Gasteiger partial charge in [0.2, 0.25) is 0 Å². The van der Waals surface area contributed by atoms with Gasteiger partial charge >= 0.3 is 11.8 Å². The van der Waals surface area contributed by atoms with Gasteiger partial charge in [0.15, 0.2) is 0 Å². The van der Waals surface area contributed by atoms with Crippen molar-refractivity contribution in [3.05, 3.63) is 24.2 Å². The number of furan rings is 1. The first-order valence-electron chi connectivity index (χ1n) is 5.92. The zero-order chi connectivity index (χ0) is 13.4. The molecule has 3 N–H and O–H groups in total. The SMILES string of the molecule is CCCNC(=O)C(=O)NCCC(O)c1ccco1. The molecule has 6 heteroatoms. The number of amides is 2. The molecule has 0 saturated carbocycles. The number of nitrogens with one attached hydrogen (secondary N) is 2. The summed E-state index contributed by atoms with van der Waals surface area (Å²) in [5.41, 5.74) is 0. The van der Waals surface area contributed by atoms with Gasteiger partial charge in [0.1, 0.15) is 11.9 Å². The average molecular weight is 254 g/mol. The number of carbonyl (C=O) groups is 2. The summed E-state index contributed by atoms with van der Waals surface area (Å²) in [5.74, 6) is -0.890. The second-order valence-electron chi connectivity index (χ2n) is 3.83. The van der Waals surface area contributed by atoms with Crippen LogP contribution in [0.15, 0.2) is 22.8 Å². The Morgan fingerprint density at radius 3 is 2.56 bits per heavy atom. The zero-order valence-corrected chi connectivity index (χ0v) is 10.3. The molecule has 1 aromatic rings. The third-order valence-electron chi connectivity index (χ3n) is 2.32. The molecule has 0 aliphatic heterocycles. The molecule has 0 radical (unpaired) electrons. The molecule has 1 aromatic heterocycles. The topological polar surface area (TPSA) is 91.6 Å². The van der Waals surface area contributed by atoms with Gasteiger partial charge in [-0.2, -0.15) is 0 Å². The van der Waals surface area contributed by atoms with E-state index in [0.29, 0.717) is 18.7 Å². The minimum absolute atomic E-state index is 0.209. The van der Waals surface area contributed by atoms with Crippen LogP contribution in [0.1, 0.15) is 31.6 Å². The molecule has 2 amide bonds. The Bertz CT molecular complexity index is 375. The third kappa shape index (κ3) is 4.58. The minimum atomic E-state index is -0.779. The fraction of sp³-hybridized carbons (Fsp3) is 0.500. The number of carbonyl (C=O) groups excluding carboxylic acids is 2. The smallest absolute Gasteiger partial charge is 0.309 e. The molecular formula is C12H18N2O4. The molecule has 18 heavy (non-hydrogen) atoms. The van der Waals surface area contributed by atoms with Crippen molar-refractivity contribution >= 4 is 11.8 Å². The summed E-state index contributed by atoms with van der Waals surface area (Å²) in [6.07, 6.45) is 1.75. The quantitative estimate of drug-likeness (QED) is 0.639. The summed E-state index contributed by atoms with van der Waals surface area (Å²) in [6, 6.07) is 3.33. The van der Waals surface area contributed by atoms with Crippen LogP contribution >= 0.6 is 0 Å². The molecule has 0 aromatic carbocycles. The molecule has 6 nitrogen and oxygen atoms in total. The van der Waals surface area contributed by atoms with Gasteiger partial charge in [0.05, 0.1) is 6.26 Å². The summed E-state index contributed by atoms with van der Waals surface area (Å²) in [4.78, 5) is 22.5. The van der Waals surface area contributed by atoms with Crippen LogP contribution < -0.4 is 10.6 Å². The molecule has 1 unspecified atom stereocenters. The predicted octanol–water partition coefficient (Wildman–Crippen LogP) is 0.346. The van der Waals surface area contributed by atoms with Crippen LogP contribution in [-0.4, -0.2) is 30.0 Å². The molecule has 0 aliphatic carbocycles. The van der Waals surface area contributed by atoms with E-state index < -0.39 is 17.9 Å². The molecular weight excluding hydrogens is 236 g/mol. The average Bonchev–Trinajstić information content (AvgIpc) is 2.89. The predicted molar refractivity (Wildman–Crippen MR) is 64.6 cm³/mol. The number of rotatable bonds is 6. The van der Waals surface area contributed by atoms with Crippen LogP contribution in [0.4, 0.5) is 0 Å². The Morgan fingerprint density at radius 1 is 1.33 bits per heavy atom. The van der Waals surface area contributed by atoms with Crippen molar-refractivity contribution in [1.82, 2.24) is 10.6 Å². The van der Waals surface area contributed by atoms with Crippen LogP contribution in [0.5, 0.6) is 0 Å². The van der Waals surface area contributed by atoms with Crippen molar-refractivity contribution < 1.29 is 19.1 Å². The standard InChI is InChI=1S/C12H18N2O4/c1-2-6-13-11(16)12(17)14-7-5-9(15)10-4-3-8-18-10/h3-4,8-9,15H,2,5-7H2,1H3,(H,13,16)(H,14,17). The maximum absolute atomic E-state index is 11.3. The van der Waals surface area contributed by atoms with Crippen molar-refractivity contribution in [2.45, 2.75) is 25.9 Å². The molecule has 100 valence electrons. The lowest BCUT2D eigenvalue weighted by molar-refractivity contribution is -0.139. The monoisotopic (exact) mass is 254 g/mol. The summed E-state index contributed by atoms with van der Waals surface area (Å²) in [5, 5.41) is 14.6. The maximum atomic E-state index is 11.3. The third-order valence-corrected chi connectivity index (χ3v) is 2.32. The van der Waals surface area contributed by atoms with E-state index in [1.807, 2.05) is 6.92 Å². The molecule has 0 fully saturated rings. The van der Waals surface area contributed by atoms with E-state index in [0.717, 1.165) is 6.42 Å². The normalized spacial score (nSPS) is 11.9. The van der Waals surface area contributed by atoms with Crippen LogP contribution in [-0.2, 0) is 9.59 Å². The van der Waals surface area contributed by atoms with Crippen LogP contribution in [0.25, 0.3) is 0 Å². The lowest BCUT2D eigenvalue weighted by Gasteiger charge is -2.08. The van der Waals surface area contributed by atoms with Gasteiger partial charge in [0, 0.05) is 13.1 Å². The number of aliphatic hydroxyl groups excluding tert-OH is 1. The number of hydrogen-bond acceptors (Lipinski definition) is 4. The van der Waals surface area contributed by atoms with Crippen molar-refractivity contribution in [3.63, 3.8) is 0 Å². The highest BCUT2D eigenvalue weighted by Crippen LogP contribution is 2.15. The van der Waals surface area contributed by atoms with Gasteiger partial charge < -0.3 is 20.2 Å². The zero-order valence-electron chi connectivity index (χ0n) is 10.3. The Labute approximate surface area is 105 Å².